The summed E-state index contributed by atoms with van der Waals surface area (Å²) in [6.45, 7) is 2.27. The van der Waals surface area contributed by atoms with E-state index in [9.17, 15) is 4.79 Å². The maximum absolute atomic E-state index is 11.5. The van der Waals surface area contributed by atoms with Crippen molar-refractivity contribution >= 4 is 17.2 Å². The highest BCUT2D eigenvalue weighted by molar-refractivity contribution is 7.07. The number of aliphatic hydroxyl groups is 1. The van der Waals surface area contributed by atoms with Gasteiger partial charge in [0.05, 0.1) is 5.51 Å². The Morgan fingerprint density at radius 3 is 3.00 bits per heavy atom. The van der Waals surface area contributed by atoms with Gasteiger partial charge in [-0.25, -0.2) is 4.98 Å². The first-order valence-corrected chi connectivity index (χ1v) is 5.02. The monoisotopic (exact) mass is 200 g/mol. The van der Waals surface area contributed by atoms with Crippen molar-refractivity contribution in [1.82, 2.24) is 9.88 Å². The topological polar surface area (TPSA) is 53.4 Å². The number of thiazole rings is 1. The van der Waals surface area contributed by atoms with Crippen molar-refractivity contribution in [2.45, 2.75) is 13.3 Å². The molecular weight excluding hydrogens is 188 g/mol. The summed E-state index contributed by atoms with van der Waals surface area (Å²) in [6, 6.07) is 0. The van der Waals surface area contributed by atoms with Gasteiger partial charge in [-0.15, -0.1) is 11.3 Å². The Kier molecular flexibility index (Phi) is 3.85. The molecule has 0 aliphatic carbocycles. The van der Waals surface area contributed by atoms with Crippen LogP contribution >= 0.6 is 11.3 Å². The lowest BCUT2D eigenvalue weighted by Crippen LogP contribution is -2.32. The van der Waals surface area contributed by atoms with Gasteiger partial charge in [-0.05, 0) is 6.42 Å². The third-order valence-electron chi connectivity index (χ3n) is 1.60. The molecule has 0 fully saturated rings. The van der Waals surface area contributed by atoms with Gasteiger partial charge in [0, 0.05) is 11.9 Å². The van der Waals surface area contributed by atoms with E-state index in [-0.39, 0.29) is 12.6 Å². The fourth-order valence-corrected chi connectivity index (χ4v) is 1.51. The van der Waals surface area contributed by atoms with Gasteiger partial charge in [0.2, 0.25) is 0 Å². The standard InChI is InChI=1S/C8H12N2O2S/c1-2-3-10(6-11)8(12)7-4-13-5-9-7/h4-5,11H,2-3,6H2,1H3. The van der Waals surface area contributed by atoms with Crippen LogP contribution in [0.25, 0.3) is 0 Å². The maximum Gasteiger partial charge on any atom is 0.275 e. The molecule has 0 atom stereocenters. The molecule has 13 heavy (non-hydrogen) atoms. The molecule has 0 aromatic carbocycles. The van der Waals surface area contributed by atoms with E-state index in [0.29, 0.717) is 12.2 Å². The zero-order chi connectivity index (χ0) is 9.68. The second-order valence-corrected chi connectivity index (χ2v) is 3.30. The lowest BCUT2D eigenvalue weighted by molar-refractivity contribution is 0.0550. The number of rotatable bonds is 4. The predicted octanol–water partition coefficient (Wildman–Crippen LogP) is 0.945. The molecule has 0 unspecified atom stereocenters. The van der Waals surface area contributed by atoms with Gasteiger partial charge in [0.25, 0.3) is 5.91 Å². The molecule has 1 heterocycles. The van der Waals surface area contributed by atoms with Crippen molar-refractivity contribution < 1.29 is 9.90 Å². The Hall–Kier alpha value is -0.940. The van der Waals surface area contributed by atoms with Crippen LogP contribution in [0.15, 0.2) is 10.9 Å². The van der Waals surface area contributed by atoms with Crippen molar-refractivity contribution in [2.24, 2.45) is 0 Å². The summed E-state index contributed by atoms with van der Waals surface area (Å²) in [5.41, 5.74) is 2.02. The van der Waals surface area contributed by atoms with Crippen LogP contribution in [0.2, 0.25) is 0 Å². The van der Waals surface area contributed by atoms with Crippen molar-refractivity contribution in [3.63, 3.8) is 0 Å². The molecule has 0 aliphatic rings. The highest BCUT2D eigenvalue weighted by Gasteiger charge is 2.14. The summed E-state index contributed by atoms with van der Waals surface area (Å²) in [6.07, 6.45) is 0.830. The number of hydrogen-bond donors (Lipinski definition) is 1. The normalized spacial score (nSPS) is 10.0. The lowest BCUT2D eigenvalue weighted by atomic mass is 10.3. The molecule has 0 saturated heterocycles. The molecule has 0 saturated carbocycles. The van der Waals surface area contributed by atoms with Gasteiger partial charge >= 0.3 is 0 Å². The highest BCUT2D eigenvalue weighted by Crippen LogP contribution is 2.05. The fourth-order valence-electron chi connectivity index (χ4n) is 0.987. The molecule has 0 aliphatic heterocycles. The van der Waals surface area contributed by atoms with Gasteiger partial charge in [0.1, 0.15) is 12.4 Å². The van der Waals surface area contributed by atoms with Gasteiger partial charge in [-0.1, -0.05) is 6.92 Å². The lowest BCUT2D eigenvalue weighted by Gasteiger charge is -2.17. The third-order valence-corrected chi connectivity index (χ3v) is 2.19. The number of aliphatic hydroxyl groups excluding tert-OH is 1. The minimum Gasteiger partial charge on any atom is -0.376 e. The molecule has 0 bridgehead atoms. The van der Waals surface area contributed by atoms with E-state index in [4.69, 9.17) is 5.11 Å². The molecule has 1 aromatic heterocycles. The quantitative estimate of drug-likeness (QED) is 0.736. The van der Waals surface area contributed by atoms with Crippen molar-refractivity contribution in [3.05, 3.63) is 16.6 Å². The number of carbonyl (C=O) groups is 1. The van der Waals surface area contributed by atoms with Crippen LogP contribution in [-0.4, -0.2) is 34.2 Å². The molecule has 1 N–H and O–H groups in total. The number of hydrogen-bond acceptors (Lipinski definition) is 4. The summed E-state index contributed by atoms with van der Waals surface area (Å²) in [5, 5.41) is 10.6. The van der Waals surface area contributed by atoms with Crippen LogP contribution in [0.1, 0.15) is 23.8 Å². The molecule has 5 heteroatoms. The fraction of sp³-hybridized carbons (Fsp3) is 0.500. The SMILES string of the molecule is CCCN(CO)C(=O)c1cscn1. The van der Waals surface area contributed by atoms with E-state index < -0.39 is 0 Å². The van der Waals surface area contributed by atoms with E-state index in [1.54, 1.807) is 10.9 Å². The molecule has 1 aromatic rings. The molecular formula is C8H12N2O2S. The van der Waals surface area contributed by atoms with Crippen LogP contribution < -0.4 is 0 Å². The molecule has 0 radical (unpaired) electrons. The second kappa shape index (κ2) is 4.94. The average molecular weight is 200 g/mol. The van der Waals surface area contributed by atoms with Crippen LogP contribution in [-0.2, 0) is 0 Å². The molecule has 1 rings (SSSR count). The Bertz CT molecular complexity index is 261. The first kappa shape index (κ1) is 10.1. The average Bonchev–Trinajstić information content (AvgIpc) is 2.65. The van der Waals surface area contributed by atoms with E-state index in [2.05, 4.69) is 4.98 Å². The Morgan fingerprint density at radius 1 is 1.77 bits per heavy atom. The summed E-state index contributed by atoms with van der Waals surface area (Å²) in [7, 11) is 0. The predicted molar refractivity (Wildman–Crippen MR) is 50.5 cm³/mol. The van der Waals surface area contributed by atoms with Crippen LogP contribution in [0.5, 0.6) is 0 Å². The Balaban J connectivity index is 2.65. The van der Waals surface area contributed by atoms with Crippen LogP contribution in [0.4, 0.5) is 0 Å². The zero-order valence-corrected chi connectivity index (χ0v) is 8.25. The van der Waals surface area contributed by atoms with Crippen molar-refractivity contribution in [3.8, 4) is 0 Å². The van der Waals surface area contributed by atoms with E-state index in [1.165, 1.54) is 16.2 Å². The van der Waals surface area contributed by atoms with Gasteiger partial charge < -0.3 is 10.0 Å². The smallest absolute Gasteiger partial charge is 0.275 e. The van der Waals surface area contributed by atoms with Gasteiger partial charge in [-0.2, -0.15) is 0 Å². The first-order valence-electron chi connectivity index (χ1n) is 4.08. The molecule has 72 valence electrons. The van der Waals surface area contributed by atoms with Crippen LogP contribution in [0.3, 0.4) is 0 Å². The van der Waals surface area contributed by atoms with E-state index in [0.717, 1.165) is 6.42 Å². The maximum atomic E-state index is 11.5. The van der Waals surface area contributed by atoms with Crippen LogP contribution in [0, 0.1) is 0 Å². The van der Waals surface area contributed by atoms with E-state index >= 15 is 0 Å². The summed E-state index contributed by atoms with van der Waals surface area (Å²) < 4.78 is 0. The largest absolute Gasteiger partial charge is 0.376 e. The minimum atomic E-state index is -0.246. The van der Waals surface area contributed by atoms with Crippen molar-refractivity contribution in [2.75, 3.05) is 13.3 Å². The summed E-state index contributed by atoms with van der Waals surface area (Å²) >= 11 is 1.37. The van der Waals surface area contributed by atoms with Gasteiger partial charge in [0.15, 0.2) is 0 Å². The summed E-state index contributed by atoms with van der Waals surface area (Å²) in [5.74, 6) is -0.203. The number of amides is 1. The zero-order valence-electron chi connectivity index (χ0n) is 7.43. The number of aromatic nitrogens is 1. The number of carbonyl (C=O) groups excluding carboxylic acids is 1. The first-order chi connectivity index (χ1) is 6.29. The third kappa shape index (κ3) is 2.50. The van der Waals surface area contributed by atoms with Gasteiger partial charge in [-0.3, -0.25) is 4.79 Å². The molecule has 4 nitrogen and oxygen atoms in total. The second-order valence-electron chi connectivity index (χ2n) is 2.58. The minimum absolute atomic E-state index is 0.203. The number of nitrogens with zero attached hydrogens (tertiary/aromatic N) is 2. The Labute approximate surface area is 80.8 Å². The Morgan fingerprint density at radius 2 is 2.54 bits per heavy atom. The van der Waals surface area contributed by atoms with E-state index in [1.807, 2.05) is 6.92 Å². The summed E-state index contributed by atoms with van der Waals surface area (Å²) in [4.78, 5) is 16.8. The van der Waals surface area contributed by atoms with Crippen molar-refractivity contribution in [1.29, 1.82) is 0 Å². The molecule has 1 amide bonds. The highest BCUT2D eigenvalue weighted by atomic mass is 32.1. The molecule has 0 spiro atoms.